The zero-order valence-corrected chi connectivity index (χ0v) is 13.5. The summed E-state index contributed by atoms with van der Waals surface area (Å²) in [5.41, 5.74) is -0.866. The second kappa shape index (κ2) is 22.0. The van der Waals surface area contributed by atoms with Crippen molar-refractivity contribution in [3.05, 3.63) is 0 Å². The van der Waals surface area contributed by atoms with Gasteiger partial charge in [-0.2, -0.15) is 0 Å². The topological polar surface area (TPSA) is 240 Å². The summed E-state index contributed by atoms with van der Waals surface area (Å²) in [6.45, 7) is 5.86. The molecule has 0 rings (SSSR count). The molecule has 0 aromatic carbocycles. The summed E-state index contributed by atoms with van der Waals surface area (Å²) in [5.74, 6) is -3.65. The summed E-state index contributed by atoms with van der Waals surface area (Å²) < 4.78 is 13.3. The third kappa shape index (κ3) is 36.3. The van der Waals surface area contributed by atoms with E-state index in [-0.39, 0.29) is 18.5 Å². The van der Waals surface area contributed by atoms with Gasteiger partial charge in [-0.1, -0.05) is 27.2 Å². The summed E-state index contributed by atoms with van der Waals surface area (Å²) in [4.78, 5) is 18.2. The minimum atomic E-state index is -2.17. The molecule has 0 fully saturated rings. The molecule has 14 N–H and O–H groups in total. The zero-order valence-electron chi connectivity index (χ0n) is 13.5. The van der Waals surface area contributed by atoms with Crippen molar-refractivity contribution in [1.82, 2.24) is 18.5 Å². The SMILES string of the molecule is CCCC(F)(CC)CC.N.N.N.O=C(O)C(=O)O.OB(O)O. The van der Waals surface area contributed by atoms with Crippen LogP contribution in [0.3, 0.4) is 0 Å². The zero-order chi connectivity index (χ0) is 16.1. The molecule has 0 aromatic heterocycles. The van der Waals surface area contributed by atoms with E-state index in [1.54, 1.807) is 0 Å². The smallest absolute Gasteiger partial charge is 0.473 e. The van der Waals surface area contributed by atoms with Crippen molar-refractivity contribution in [1.29, 1.82) is 0 Å². The van der Waals surface area contributed by atoms with E-state index >= 15 is 0 Å². The fourth-order valence-corrected chi connectivity index (χ4v) is 1.05. The molecule has 0 amide bonds. The molecule has 0 aliphatic rings. The predicted octanol–water partition coefficient (Wildman–Crippen LogP) is 0.905. The van der Waals surface area contributed by atoms with Crippen molar-refractivity contribution < 1.29 is 39.3 Å². The Morgan fingerprint density at radius 1 is 0.909 bits per heavy atom. The maximum absolute atomic E-state index is 13.3. The number of hydrogen-bond acceptors (Lipinski definition) is 8. The molecule has 0 radical (unpaired) electrons. The Balaban J connectivity index is -0.0000000438. The number of hydrogen-bond donors (Lipinski definition) is 8. The summed E-state index contributed by atoms with van der Waals surface area (Å²) in [6, 6.07) is 0. The molecule has 22 heavy (non-hydrogen) atoms. The van der Waals surface area contributed by atoms with Crippen molar-refractivity contribution in [3.8, 4) is 0 Å². The summed E-state index contributed by atoms with van der Waals surface area (Å²) in [6.07, 6.45) is 3.01. The average molecular weight is 335 g/mol. The van der Waals surface area contributed by atoms with Gasteiger partial charge in [-0.05, 0) is 19.3 Å². The molecule has 12 heteroatoms. The third-order valence-electron chi connectivity index (χ3n) is 2.15. The molecule has 0 heterocycles. The second-order valence-corrected chi connectivity index (χ2v) is 3.56. The highest BCUT2D eigenvalue weighted by Gasteiger charge is 2.22. The molecule has 0 aliphatic heterocycles. The van der Waals surface area contributed by atoms with Gasteiger partial charge in [-0.15, -0.1) is 0 Å². The lowest BCUT2D eigenvalue weighted by Gasteiger charge is -2.20. The molecule has 0 saturated carbocycles. The molecular weight excluding hydrogens is 304 g/mol. The van der Waals surface area contributed by atoms with Crippen LogP contribution in [0.5, 0.6) is 0 Å². The quantitative estimate of drug-likeness (QED) is 0.266. The van der Waals surface area contributed by atoms with Gasteiger partial charge in [0.05, 0.1) is 0 Å². The Morgan fingerprint density at radius 2 is 1.14 bits per heavy atom. The summed E-state index contributed by atoms with van der Waals surface area (Å²) >= 11 is 0. The number of carboxylic acid groups (broad SMARTS) is 2. The molecule has 10 nitrogen and oxygen atoms in total. The number of alkyl halides is 1. The first kappa shape index (κ1) is 37.2. The van der Waals surface area contributed by atoms with Crippen LogP contribution in [-0.2, 0) is 9.59 Å². The molecule has 0 spiro atoms. The summed E-state index contributed by atoms with van der Waals surface area (Å²) in [7, 11) is -2.17. The van der Waals surface area contributed by atoms with Gasteiger partial charge in [0.15, 0.2) is 0 Å². The standard InChI is InChI=1S/C8H17F.C2H2O4.BH3O3.3H3N/c1-4-7-8(9,5-2)6-3;3-1(4)2(5)6;2-1(3)4;;;/h4-7H2,1-3H3;(H,3,4)(H,5,6);2-4H;3*1H3. The first-order chi connectivity index (χ1) is 8.56. The molecule has 138 valence electrons. The number of aliphatic carboxylic acids is 2. The van der Waals surface area contributed by atoms with Gasteiger partial charge in [0.2, 0.25) is 0 Å². The highest BCUT2D eigenvalue weighted by Crippen LogP contribution is 2.25. The van der Waals surface area contributed by atoms with Crippen LogP contribution in [0, 0.1) is 0 Å². The third-order valence-corrected chi connectivity index (χ3v) is 2.15. The average Bonchev–Trinajstić information content (AvgIpc) is 2.29. The molecule has 0 atom stereocenters. The maximum atomic E-state index is 13.3. The number of carboxylic acids is 2. The fourth-order valence-electron chi connectivity index (χ4n) is 1.05. The van der Waals surface area contributed by atoms with E-state index in [0.29, 0.717) is 12.8 Å². The van der Waals surface area contributed by atoms with Gasteiger partial charge < -0.3 is 43.7 Å². The molecule has 0 aromatic rings. The van der Waals surface area contributed by atoms with Gasteiger partial charge in [0.25, 0.3) is 0 Å². The lowest BCUT2D eigenvalue weighted by atomic mass is 9.94. The van der Waals surface area contributed by atoms with Crippen LogP contribution in [0.25, 0.3) is 0 Å². The number of carbonyl (C=O) groups is 2. The van der Waals surface area contributed by atoms with Crippen molar-refractivity contribution in [2.75, 3.05) is 0 Å². The van der Waals surface area contributed by atoms with Crippen molar-refractivity contribution in [3.63, 3.8) is 0 Å². The van der Waals surface area contributed by atoms with Gasteiger partial charge in [-0.25, -0.2) is 14.0 Å². The van der Waals surface area contributed by atoms with Gasteiger partial charge in [0.1, 0.15) is 5.67 Å². The minimum absolute atomic E-state index is 0. The van der Waals surface area contributed by atoms with E-state index in [9.17, 15) is 4.39 Å². The largest absolute Gasteiger partial charge is 0.631 e. The first-order valence-electron chi connectivity index (χ1n) is 5.75. The van der Waals surface area contributed by atoms with Crippen LogP contribution in [0.1, 0.15) is 46.5 Å². The van der Waals surface area contributed by atoms with E-state index in [4.69, 9.17) is 34.9 Å². The van der Waals surface area contributed by atoms with Gasteiger partial charge >= 0.3 is 19.3 Å². The predicted molar refractivity (Wildman–Crippen MR) is 82.1 cm³/mol. The molecular formula is C10H31BFN3O7. The van der Waals surface area contributed by atoms with Crippen LogP contribution in [-0.4, -0.2) is 50.2 Å². The minimum Gasteiger partial charge on any atom is -0.473 e. The molecule has 0 unspecified atom stereocenters. The van der Waals surface area contributed by atoms with Gasteiger partial charge in [-0.3, -0.25) is 0 Å². The molecule has 0 bridgehead atoms. The molecule has 0 saturated heterocycles. The van der Waals surface area contributed by atoms with Crippen molar-refractivity contribution in [2.24, 2.45) is 0 Å². The van der Waals surface area contributed by atoms with Crippen LogP contribution in [0.2, 0.25) is 0 Å². The fraction of sp³-hybridized carbons (Fsp3) is 0.800. The van der Waals surface area contributed by atoms with E-state index in [0.717, 1.165) is 12.8 Å². The Bertz CT molecular complexity index is 242. The van der Waals surface area contributed by atoms with E-state index in [2.05, 4.69) is 0 Å². The lowest BCUT2D eigenvalue weighted by Crippen LogP contribution is -2.19. The Labute approximate surface area is 130 Å². The maximum Gasteiger partial charge on any atom is 0.631 e. The monoisotopic (exact) mass is 335 g/mol. The van der Waals surface area contributed by atoms with E-state index < -0.39 is 24.9 Å². The lowest BCUT2D eigenvalue weighted by molar-refractivity contribution is -0.159. The van der Waals surface area contributed by atoms with Crippen LogP contribution < -0.4 is 18.5 Å². The Hall–Kier alpha value is -1.31. The first-order valence-corrected chi connectivity index (χ1v) is 5.75. The van der Waals surface area contributed by atoms with Crippen molar-refractivity contribution in [2.45, 2.75) is 52.1 Å². The number of rotatable bonds is 4. The highest BCUT2D eigenvalue weighted by atomic mass is 19.1. The van der Waals surface area contributed by atoms with Crippen LogP contribution in [0.15, 0.2) is 0 Å². The van der Waals surface area contributed by atoms with Crippen LogP contribution >= 0.6 is 0 Å². The summed E-state index contributed by atoms with van der Waals surface area (Å²) in [5, 5.41) is 36.3. The van der Waals surface area contributed by atoms with Gasteiger partial charge in [0, 0.05) is 0 Å². The highest BCUT2D eigenvalue weighted by molar-refractivity contribution is 6.30. The van der Waals surface area contributed by atoms with Crippen molar-refractivity contribution >= 4 is 19.3 Å². The molecule has 0 aliphatic carbocycles. The van der Waals surface area contributed by atoms with Crippen LogP contribution in [0.4, 0.5) is 4.39 Å². The Kier molecular flexibility index (Phi) is 37.1. The van der Waals surface area contributed by atoms with E-state index in [1.165, 1.54) is 0 Å². The normalized spacial score (nSPS) is 8.14. The second-order valence-electron chi connectivity index (χ2n) is 3.56. The Morgan fingerprint density at radius 3 is 1.18 bits per heavy atom. The number of halogens is 1. The van der Waals surface area contributed by atoms with E-state index in [1.807, 2.05) is 20.8 Å².